The van der Waals surface area contributed by atoms with Gasteiger partial charge in [-0.15, -0.1) is 11.3 Å². The lowest BCUT2D eigenvalue weighted by molar-refractivity contribution is 0.0383. The predicted molar refractivity (Wildman–Crippen MR) is 107 cm³/mol. The Morgan fingerprint density at radius 2 is 2.04 bits per heavy atom. The molecule has 0 amide bonds. The molecule has 0 aliphatic carbocycles. The number of rotatable bonds is 5. The van der Waals surface area contributed by atoms with Gasteiger partial charge in [0.05, 0.1) is 22.7 Å². The quantitative estimate of drug-likeness (QED) is 0.540. The Kier molecular flexibility index (Phi) is 5.43. The molecule has 0 saturated heterocycles. The Balaban J connectivity index is 2.08. The molecule has 1 aromatic carbocycles. The summed E-state index contributed by atoms with van der Waals surface area (Å²) in [5, 5.41) is 13.2. The molecular weight excluding hydrogens is 434 g/mol. The molecule has 3 aromatic rings. The van der Waals surface area contributed by atoms with Gasteiger partial charge in [-0.2, -0.15) is 0 Å². The monoisotopic (exact) mass is 449 g/mol. The molecule has 0 saturated carbocycles. The van der Waals surface area contributed by atoms with Gasteiger partial charge in [-0.1, -0.05) is 15.9 Å². The van der Waals surface area contributed by atoms with Crippen molar-refractivity contribution in [2.45, 2.75) is 26.9 Å². The number of carboxylic acid groups (broad SMARTS) is 1. The molecule has 0 fully saturated rings. The van der Waals surface area contributed by atoms with Crippen LogP contribution in [0, 0.1) is 6.92 Å². The Bertz CT molecular complexity index is 1050. The summed E-state index contributed by atoms with van der Waals surface area (Å²) in [7, 11) is 0. The number of thiophene rings is 1. The van der Waals surface area contributed by atoms with E-state index >= 15 is 0 Å². The number of halogens is 1. The third-order valence-corrected chi connectivity index (χ3v) is 5.39. The highest BCUT2D eigenvalue weighted by molar-refractivity contribution is 9.10. The standard InChI is InChI=1S/C18H16BrN3O4S/c1-8(2)26-18(25)14-9(3)13-15(20-7-21-16(13)27-14)22-12-5-4-10(19)6-11(12)17(23)24/h4-8H,1-3H3,(H,23,24)(H,20,21,22). The fourth-order valence-electron chi connectivity index (χ4n) is 2.56. The molecule has 0 aliphatic rings. The number of nitrogens with one attached hydrogen (secondary N) is 1. The van der Waals surface area contributed by atoms with E-state index in [-0.39, 0.29) is 11.7 Å². The highest BCUT2D eigenvalue weighted by Crippen LogP contribution is 2.35. The third-order valence-electron chi connectivity index (χ3n) is 3.72. The Labute approximate surface area is 167 Å². The molecule has 2 aromatic heterocycles. The van der Waals surface area contributed by atoms with Gasteiger partial charge in [0.2, 0.25) is 0 Å². The smallest absolute Gasteiger partial charge is 0.348 e. The minimum Gasteiger partial charge on any atom is -0.478 e. The van der Waals surface area contributed by atoms with Crippen molar-refractivity contribution in [3.05, 3.63) is 45.0 Å². The normalized spacial score (nSPS) is 11.0. The van der Waals surface area contributed by atoms with Gasteiger partial charge in [0.1, 0.15) is 21.9 Å². The fraction of sp³-hybridized carbons (Fsp3) is 0.222. The Hall–Kier alpha value is -2.52. The van der Waals surface area contributed by atoms with Crippen LogP contribution in [0.1, 0.15) is 39.4 Å². The molecule has 140 valence electrons. The number of anilines is 2. The van der Waals surface area contributed by atoms with Crippen LogP contribution < -0.4 is 5.32 Å². The van der Waals surface area contributed by atoms with Crippen LogP contribution in [0.2, 0.25) is 0 Å². The first-order valence-electron chi connectivity index (χ1n) is 8.03. The predicted octanol–water partition coefficient (Wildman–Crippen LogP) is 4.77. The average Bonchev–Trinajstić information content (AvgIpc) is 2.94. The van der Waals surface area contributed by atoms with Crippen molar-refractivity contribution in [2.24, 2.45) is 0 Å². The second kappa shape index (κ2) is 7.61. The van der Waals surface area contributed by atoms with Crippen LogP contribution >= 0.6 is 27.3 Å². The molecule has 0 aliphatic heterocycles. The van der Waals surface area contributed by atoms with Crippen LogP contribution in [0.4, 0.5) is 11.5 Å². The number of aromatic carboxylic acids is 1. The van der Waals surface area contributed by atoms with Crippen LogP contribution in [0.15, 0.2) is 29.0 Å². The summed E-state index contributed by atoms with van der Waals surface area (Å²) in [4.78, 5) is 33.4. The summed E-state index contributed by atoms with van der Waals surface area (Å²) in [6, 6.07) is 4.89. The summed E-state index contributed by atoms with van der Waals surface area (Å²) >= 11 is 4.50. The largest absolute Gasteiger partial charge is 0.478 e. The van der Waals surface area contributed by atoms with Crippen LogP contribution in [0.25, 0.3) is 10.2 Å². The number of ether oxygens (including phenoxy) is 1. The van der Waals surface area contributed by atoms with Crippen LogP contribution in [0.3, 0.4) is 0 Å². The van der Waals surface area contributed by atoms with Crippen LogP contribution in [-0.4, -0.2) is 33.1 Å². The van der Waals surface area contributed by atoms with Crippen molar-refractivity contribution < 1.29 is 19.4 Å². The molecule has 0 radical (unpaired) electrons. The maximum atomic E-state index is 12.3. The van der Waals surface area contributed by atoms with Crippen molar-refractivity contribution >= 4 is 60.9 Å². The molecule has 0 bridgehead atoms. The van der Waals surface area contributed by atoms with Crippen molar-refractivity contribution in [1.82, 2.24) is 9.97 Å². The van der Waals surface area contributed by atoms with Crippen molar-refractivity contribution in [3.8, 4) is 0 Å². The number of carbonyl (C=O) groups is 2. The molecule has 0 unspecified atom stereocenters. The zero-order valence-corrected chi connectivity index (χ0v) is 17.1. The molecular formula is C18H16BrN3O4S. The Morgan fingerprint density at radius 3 is 2.70 bits per heavy atom. The fourth-order valence-corrected chi connectivity index (χ4v) is 3.95. The number of carbonyl (C=O) groups excluding carboxylic acids is 1. The van der Waals surface area contributed by atoms with Gasteiger partial charge in [-0.3, -0.25) is 0 Å². The van der Waals surface area contributed by atoms with Crippen LogP contribution in [-0.2, 0) is 4.74 Å². The number of esters is 1. The van der Waals surface area contributed by atoms with Gasteiger partial charge < -0.3 is 15.2 Å². The molecule has 0 atom stereocenters. The SMILES string of the molecule is Cc1c(C(=O)OC(C)C)sc2ncnc(Nc3ccc(Br)cc3C(=O)O)c12. The number of aromatic nitrogens is 2. The Morgan fingerprint density at radius 1 is 1.30 bits per heavy atom. The second-order valence-corrected chi connectivity index (χ2v) is 7.95. The third kappa shape index (κ3) is 3.93. The van der Waals surface area contributed by atoms with E-state index in [1.165, 1.54) is 23.7 Å². The van der Waals surface area contributed by atoms with E-state index in [1.807, 2.05) is 0 Å². The molecule has 3 rings (SSSR count). The first-order valence-corrected chi connectivity index (χ1v) is 9.63. The van der Waals surface area contributed by atoms with Gasteiger partial charge in [-0.05, 0) is 44.5 Å². The first-order chi connectivity index (χ1) is 12.8. The first kappa shape index (κ1) is 19.2. The topological polar surface area (TPSA) is 101 Å². The lowest BCUT2D eigenvalue weighted by Crippen LogP contribution is -2.11. The number of hydrogen-bond donors (Lipinski definition) is 2. The van der Waals surface area contributed by atoms with E-state index in [0.717, 1.165) is 0 Å². The van der Waals surface area contributed by atoms with Crippen molar-refractivity contribution in [3.63, 3.8) is 0 Å². The maximum Gasteiger partial charge on any atom is 0.348 e. The summed E-state index contributed by atoms with van der Waals surface area (Å²) in [6.45, 7) is 5.37. The van der Waals surface area contributed by atoms with E-state index < -0.39 is 11.9 Å². The van der Waals surface area contributed by atoms with Crippen molar-refractivity contribution in [1.29, 1.82) is 0 Å². The van der Waals surface area contributed by atoms with Gasteiger partial charge in [-0.25, -0.2) is 19.6 Å². The molecule has 2 heterocycles. The zero-order valence-electron chi connectivity index (χ0n) is 14.7. The molecule has 9 heteroatoms. The maximum absolute atomic E-state index is 12.3. The average molecular weight is 450 g/mol. The van der Waals surface area contributed by atoms with Gasteiger partial charge in [0, 0.05) is 4.47 Å². The number of nitrogens with zero attached hydrogens (tertiary/aromatic N) is 2. The molecule has 2 N–H and O–H groups in total. The number of fused-ring (bicyclic) bond motifs is 1. The zero-order chi connectivity index (χ0) is 19.7. The lowest BCUT2D eigenvalue weighted by Gasteiger charge is -2.11. The van der Waals surface area contributed by atoms with E-state index in [4.69, 9.17) is 4.74 Å². The summed E-state index contributed by atoms with van der Waals surface area (Å²) in [6.07, 6.45) is 1.14. The summed E-state index contributed by atoms with van der Waals surface area (Å²) in [5.74, 6) is -1.04. The summed E-state index contributed by atoms with van der Waals surface area (Å²) in [5.41, 5.74) is 1.18. The number of aryl methyl sites for hydroxylation is 1. The van der Waals surface area contributed by atoms with E-state index in [1.54, 1.807) is 32.9 Å². The van der Waals surface area contributed by atoms with Gasteiger partial charge >= 0.3 is 11.9 Å². The highest BCUT2D eigenvalue weighted by Gasteiger charge is 2.22. The van der Waals surface area contributed by atoms with E-state index in [2.05, 4.69) is 31.2 Å². The molecule has 27 heavy (non-hydrogen) atoms. The van der Waals surface area contributed by atoms with Gasteiger partial charge in [0.15, 0.2) is 0 Å². The van der Waals surface area contributed by atoms with Crippen molar-refractivity contribution in [2.75, 3.05) is 5.32 Å². The van der Waals surface area contributed by atoms with Crippen LogP contribution in [0.5, 0.6) is 0 Å². The number of hydrogen-bond acceptors (Lipinski definition) is 7. The number of carboxylic acids is 1. The van der Waals surface area contributed by atoms with Gasteiger partial charge in [0.25, 0.3) is 0 Å². The second-order valence-electron chi connectivity index (χ2n) is 6.03. The van der Waals surface area contributed by atoms with E-state index in [9.17, 15) is 14.7 Å². The number of benzene rings is 1. The van der Waals surface area contributed by atoms with E-state index in [0.29, 0.717) is 36.6 Å². The minimum atomic E-state index is -1.06. The molecule has 0 spiro atoms. The highest BCUT2D eigenvalue weighted by atomic mass is 79.9. The summed E-state index contributed by atoms with van der Waals surface area (Å²) < 4.78 is 5.94. The minimum absolute atomic E-state index is 0.100. The lowest BCUT2D eigenvalue weighted by atomic mass is 10.1. The molecule has 7 nitrogen and oxygen atoms in total.